The maximum Gasteiger partial charge on any atom is 0.409 e. The highest BCUT2D eigenvalue weighted by atomic mass is 127. The van der Waals surface area contributed by atoms with Gasteiger partial charge in [0, 0.05) is 52.4 Å². The fourth-order valence-corrected chi connectivity index (χ4v) is 3.07. The molecule has 1 heterocycles. The second-order valence-electron chi connectivity index (χ2n) is 6.85. The van der Waals surface area contributed by atoms with Gasteiger partial charge in [-0.2, -0.15) is 0 Å². The summed E-state index contributed by atoms with van der Waals surface area (Å²) >= 11 is 0. The molecule has 1 fully saturated rings. The van der Waals surface area contributed by atoms with Gasteiger partial charge in [0.1, 0.15) is 0 Å². The van der Waals surface area contributed by atoms with Crippen LogP contribution >= 0.6 is 24.0 Å². The van der Waals surface area contributed by atoms with Crippen LogP contribution in [0.15, 0.2) is 35.3 Å². The third-order valence-corrected chi connectivity index (χ3v) is 4.90. The zero-order valence-corrected chi connectivity index (χ0v) is 19.8. The van der Waals surface area contributed by atoms with Crippen molar-refractivity contribution in [2.45, 2.75) is 26.4 Å². The van der Waals surface area contributed by atoms with Gasteiger partial charge in [0.05, 0.1) is 6.61 Å². The van der Waals surface area contributed by atoms with Crippen LogP contribution in [0.4, 0.5) is 4.79 Å². The van der Waals surface area contributed by atoms with Crippen LogP contribution in [0, 0.1) is 0 Å². The second kappa shape index (κ2) is 12.8. The number of hydrogen-bond acceptors (Lipinski definition) is 4. The maximum atomic E-state index is 11.8. The van der Waals surface area contributed by atoms with Crippen LogP contribution in [0.5, 0.6) is 0 Å². The molecule has 1 saturated heterocycles. The van der Waals surface area contributed by atoms with E-state index in [4.69, 9.17) is 4.74 Å². The molecule has 158 valence electrons. The van der Waals surface area contributed by atoms with Crippen molar-refractivity contribution in [3.8, 4) is 0 Å². The first-order valence-electron chi connectivity index (χ1n) is 9.66. The number of likely N-dealkylation sites (N-methyl/N-ethyl adjacent to an activating group) is 1. The van der Waals surface area contributed by atoms with Gasteiger partial charge < -0.3 is 19.9 Å². The lowest BCUT2D eigenvalue weighted by Crippen LogP contribution is -2.55. The molecule has 1 aromatic carbocycles. The van der Waals surface area contributed by atoms with Crippen molar-refractivity contribution in [1.82, 2.24) is 20.0 Å². The number of nitrogens with zero attached hydrogens (tertiary/aromatic N) is 4. The number of carbonyl (C=O) groups excluding carboxylic acids is 1. The highest BCUT2D eigenvalue weighted by molar-refractivity contribution is 14.0. The van der Waals surface area contributed by atoms with Crippen LogP contribution in [-0.2, 0) is 11.3 Å². The van der Waals surface area contributed by atoms with Gasteiger partial charge in [-0.1, -0.05) is 30.3 Å². The number of rotatable bonds is 6. The molecule has 2 rings (SSSR count). The Morgan fingerprint density at radius 1 is 1.21 bits per heavy atom. The van der Waals surface area contributed by atoms with Gasteiger partial charge in [0.25, 0.3) is 0 Å². The average Bonchev–Trinajstić information content (AvgIpc) is 2.69. The quantitative estimate of drug-likeness (QED) is 0.367. The number of halogens is 1. The number of guanidine groups is 1. The zero-order chi connectivity index (χ0) is 19.6. The Morgan fingerprint density at radius 2 is 1.82 bits per heavy atom. The molecule has 0 saturated carbocycles. The Bertz CT molecular complexity index is 606. The van der Waals surface area contributed by atoms with Crippen LogP contribution < -0.4 is 5.32 Å². The van der Waals surface area contributed by atoms with Gasteiger partial charge >= 0.3 is 6.09 Å². The number of carbonyl (C=O) groups is 1. The number of hydrogen-bond donors (Lipinski definition) is 1. The van der Waals surface area contributed by atoms with Crippen molar-refractivity contribution >= 4 is 36.0 Å². The van der Waals surface area contributed by atoms with Crippen molar-refractivity contribution < 1.29 is 9.53 Å². The lowest BCUT2D eigenvalue weighted by Gasteiger charge is -2.36. The molecule has 1 atom stereocenters. The summed E-state index contributed by atoms with van der Waals surface area (Å²) in [7, 11) is 3.94. The molecule has 8 heteroatoms. The average molecular weight is 503 g/mol. The summed E-state index contributed by atoms with van der Waals surface area (Å²) in [5.41, 5.74) is 1.31. The Kier molecular flexibility index (Phi) is 11.2. The van der Waals surface area contributed by atoms with Gasteiger partial charge in [-0.25, -0.2) is 4.79 Å². The van der Waals surface area contributed by atoms with E-state index in [-0.39, 0.29) is 30.1 Å². The molecule has 1 N–H and O–H groups in total. The molecular formula is C20H34IN5O2. The van der Waals surface area contributed by atoms with Crippen LogP contribution in [-0.4, -0.2) is 86.2 Å². The first kappa shape index (κ1) is 24.5. The molecular weight excluding hydrogens is 469 g/mol. The van der Waals surface area contributed by atoms with E-state index in [2.05, 4.69) is 58.3 Å². The molecule has 0 radical (unpaired) electrons. The summed E-state index contributed by atoms with van der Waals surface area (Å²) in [6, 6.07) is 10.9. The van der Waals surface area contributed by atoms with E-state index in [1.54, 1.807) is 11.9 Å². The third-order valence-electron chi connectivity index (χ3n) is 4.90. The topological polar surface area (TPSA) is 60.4 Å². The number of aliphatic imine (C=N–C) groups is 1. The second-order valence-corrected chi connectivity index (χ2v) is 6.85. The molecule has 28 heavy (non-hydrogen) atoms. The molecule has 0 aliphatic carbocycles. The van der Waals surface area contributed by atoms with E-state index < -0.39 is 0 Å². The predicted octanol–water partition coefficient (Wildman–Crippen LogP) is 2.47. The summed E-state index contributed by atoms with van der Waals surface area (Å²) < 4.78 is 5.07. The molecule has 1 aromatic rings. The van der Waals surface area contributed by atoms with Crippen molar-refractivity contribution in [3.05, 3.63) is 35.9 Å². The highest BCUT2D eigenvalue weighted by Crippen LogP contribution is 2.07. The Balaban J connectivity index is 0.00000392. The van der Waals surface area contributed by atoms with Gasteiger partial charge in [-0.15, -0.1) is 24.0 Å². The summed E-state index contributed by atoms with van der Waals surface area (Å²) in [4.78, 5) is 22.5. The van der Waals surface area contributed by atoms with Crippen molar-refractivity contribution in [2.24, 2.45) is 4.99 Å². The van der Waals surface area contributed by atoms with Crippen molar-refractivity contribution in [3.63, 3.8) is 0 Å². The van der Waals surface area contributed by atoms with E-state index in [1.807, 2.05) is 13.0 Å². The third kappa shape index (κ3) is 7.46. The molecule has 1 unspecified atom stereocenters. The number of benzene rings is 1. The van der Waals surface area contributed by atoms with Gasteiger partial charge in [-0.3, -0.25) is 9.89 Å². The minimum Gasteiger partial charge on any atom is -0.450 e. The van der Waals surface area contributed by atoms with E-state index in [9.17, 15) is 4.79 Å². The molecule has 7 nitrogen and oxygen atoms in total. The summed E-state index contributed by atoms with van der Waals surface area (Å²) in [6.45, 7) is 9.01. The first-order valence-corrected chi connectivity index (χ1v) is 9.66. The standard InChI is InChI=1S/C20H33N5O2.HI/c1-5-27-20(26)25-13-11-24(12-14-25)19(21-3)22-15-17(2)23(4)16-18-9-7-6-8-10-18;/h6-10,17H,5,11-16H2,1-4H3,(H,21,22);1H. The number of amides is 1. The monoisotopic (exact) mass is 503 g/mol. The predicted molar refractivity (Wildman–Crippen MR) is 124 cm³/mol. The first-order chi connectivity index (χ1) is 13.0. The van der Waals surface area contributed by atoms with Crippen LogP contribution in [0.3, 0.4) is 0 Å². The van der Waals surface area contributed by atoms with Gasteiger partial charge in [0.15, 0.2) is 5.96 Å². The Labute approximate surface area is 186 Å². The number of ether oxygens (including phenoxy) is 1. The molecule has 1 aliphatic rings. The fraction of sp³-hybridized carbons (Fsp3) is 0.600. The molecule has 1 amide bonds. The minimum atomic E-state index is -0.226. The summed E-state index contributed by atoms with van der Waals surface area (Å²) in [6.07, 6.45) is -0.226. The van der Waals surface area contributed by atoms with E-state index in [0.29, 0.717) is 25.7 Å². The number of nitrogens with one attached hydrogen (secondary N) is 1. The SMILES string of the molecule is CCOC(=O)N1CCN(C(=NC)NCC(C)N(C)Cc2ccccc2)CC1.I. The molecule has 0 aromatic heterocycles. The maximum absolute atomic E-state index is 11.8. The van der Waals surface area contributed by atoms with Crippen LogP contribution in [0.1, 0.15) is 19.4 Å². The highest BCUT2D eigenvalue weighted by Gasteiger charge is 2.24. The fourth-order valence-electron chi connectivity index (χ4n) is 3.07. The summed E-state index contributed by atoms with van der Waals surface area (Å²) in [5, 5.41) is 3.47. The zero-order valence-electron chi connectivity index (χ0n) is 17.4. The minimum absolute atomic E-state index is 0. The molecule has 1 aliphatic heterocycles. The van der Waals surface area contributed by atoms with E-state index in [0.717, 1.165) is 32.1 Å². The normalized spacial score (nSPS) is 15.8. The number of piperazine rings is 1. The summed E-state index contributed by atoms with van der Waals surface area (Å²) in [5.74, 6) is 0.887. The molecule has 0 bridgehead atoms. The largest absolute Gasteiger partial charge is 0.450 e. The van der Waals surface area contributed by atoms with Gasteiger partial charge in [0.2, 0.25) is 0 Å². The Morgan fingerprint density at radius 3 is 2.39 bits per heavy atom. The van der Waals surface area contributed by atoms with Crippen molar-refractivity contribution in [2.75, 3.05) is 53.4 Å². The van der Waals surface area contributed by atoms with Gasteiger partial charge in [-0.05, 0) is 26.5 Å². The Hall–Kier alpha value is -1.55. The lowest BCUT2D eigenvalue weighted by atomic mass is 10.2. The van der Waals surface area contributed by atoms with Crippen molar-refractivity contribution in [1.29, 1.82) is 0 Å². The van der Waals surface area contributed by atoms with E-state index in [1.165, 1.54) is 5.56 Å². The smallest absolute Gasteiger partial charge is 0.409 e. The van der Waals surface area contributed by atoms with E-state index >= 15 is 0 Å². The van der Waals surface area contributed by atoms with Crippen LogP contribution in [0.2, 0.25) is 0 Å². The van der Waals surface area contributed by atoms with Crippen LogP contribution in [0.25, 0.3) is 0 Å². The molecule has 0 spiro atoms. The lowest BCUT2D eigenvalue weighted by molar-refractivity contribution is 0.0914.